The van der Waals surface area contributed by atoms with Gasteiger partial charge in [0.05, 0.1) is 0 Å². The molecule has 1 heterocycles. The summed E-state index contributed by atoms with van der Waals surface area (Å²) in [7, 11) is 0. The second-order valence-corrected chi connectivity index (χ2v) is 4.85. The molecule has 7 heteroatoms. The molecule has 0 spiro atoms. The molecule has 1 aromatic heterocycles. The molecule has 0 fully saturated rings. The molecule has 0 amide bonds. The van der Waals surface area contributed by atoms with E-state index in [2.05, 4.69) is 15.3 Å². The van der Waals surface area contributed by atoms with E-state index in [-0.39, 0.29) is 5.95 Å². The van der Waals surface area contributed by atoms with Crippen LogP contribution in [0.15, 0.2) is 6.07 Å². The second-order valence-electron chi connectivity index (χ2n) is 4.85. The maximum Gasteiger partial charge on any atom is 0.433 e. The Morgan fingerprint density at radius 1 is 1.05 bits per heavy atom. The zero-order valence-corrected chi connectivity index (χ0v) is 12.8. The lowest BCUT2D eigenvalue weighted by Gasteiger charge is -2.23. The summed E-state index contributed by atoms with van der Waals surface area (Å²) in [5.74, 6) is 0.374. The zero-order chi connectivity index (χ0) is 15.9. The fraction of sp³-hybridized carbons (Fsp3) is 0.714. The van der Waals surface area contributed by atoms with Crippen LogP contribution in [0.1, 0.15) is 45.7 Å². The monoisotopic (exact) mass is 304 g/mol. The molecule has 21 heavy (non-hydrogen) atoms. The van der Waals surface area contributed by atoms with Gasteiger partial charge in [-0.2, -0.15) is 18.2 Å². The Bertz CT molecular complexity index is 429. The minimum atomic E-state index is -4.47. The maximum atomic E-state index is 13.0. The number of hydrogen-bond donors (Lipinski definition) is 1. The first-order chi connectivity index (χ1) is 9.92. The number of anilines is 2. The number of hydrogen-bond acceptors (Lipinski definition) is 4. The summed E-state index contributed by atoms with van der Waals surface area (Å²) in [5, 5.41) is 2.84. The highest BCUT2D eigenvalue weighted by Gasteiger charge is 2.34. The third-order valence-corrected chi connectivity index (χ3v) is 2.85. The Labute approximate surface area is 123 Å². The van der Waals surface area contributed by atoms with Gasteiger partial charge >= 0.3 is 6.18 Å². The van der Waals surface area contributed by atoms with Crippen molar-refractivity contribution in [1.29, 1.82) is 0 Å². The molecule has 1 aromatic rings. The van der Waals surface area contributed by atoms with Crippen LogP contribution in [0.5, 0.6) is 0 Å². The molecule has 0 radical (unpaired) electrons. The van der Waals surface area contributed by atoms with E-state index < -0.39 is 11.9 Å². The van der Waals surface area contributed by atoms with Gasteiger partial charge in [0.2, 0.25) is 5.95 Å². The van der Waals surface area contributed by atoms with Crippen LogP contribution in [-0.4, -0.2) is 29.6 Å². The van der Waals surface area contributed by atoms with Gasteiger partial charge in [0, 0.05) is 25.7 Å². The largest absolute Gasteiger partial charge is 0.433 e. The van der Waals surface area contributed by atoms with Crippen LogP contribution in [0.3, 0.4) is 0 Å². The number of alkyl halides is 3. The van der Waals surface area contributed by atoms with Gasteiger partial charge in [-0.3, -0.25) is 0 Å². The van der Waals surface area contributed by atoms with Gasteiger partial charge in [-0.05, 0) is 19.3 Å². The molecule has 0 bridgehead atoms. The standard InChI is InChI=1S/C14H23F3N4/c1-4-7-18-13-19-11(14(15,16)17)10-12(20-13)21(8-5-2)9-6-3/h10H,4-9H2,1-3H3,(H,18,19,20). The number of nitrogens with zero attached hydrogens (tertiary/aromatic N) is 3. The van der Waals surface area contributed by atoms with Crippen LogP contribution >= 0.6 is 0 Å². The van der Waals surface area contributed by atoms with Crippen molar-refractivity contribution in [3.05, 3.63) is 11.8 Å². The third-order valence-electron chi connectivity index (χ3n) is 2.85. The fourth-order valence-electron chi connectivity index (χ4n) is 1.94. The molecule has 0 saturated carbocycles. The molecule has 0 atom stereocenters. The van der Waals surface area contributed by atoms with Crippen LogP contribution in [0.25, 0.3) is 0 Å². The zero-order valence-electron chi connectivity index (χ0n) is 12.8. The summed E-state index contributed by atoms with van der Waals surface area (Å²) in [5.41, 5.74) is -0.900. The summed E-state index contributed by atoms with van der Waals surface area (Å²) in [6.45, 7) is 7.81. The number of halogens is 3. The highest BCUT2D eigenvalue weighted by atomic mass is 19.4. The van der Waals surface area contributed by atoms with E-state index in [0.29, 0.717) is 25.5 Å². The highest BCUT2D eigenvalue weighted by Crippen LogP contribution is 2.30. The summed E-state index contributed by atoms with van der Waals surface area (Å²) >= 11 is 0. The Morgan fingerprint density at radius 2 is 1.67 bits per heavy atom. The van der Waals surface area contributed by atoms with Crippen molar-refractivity contribution in [3.63, 3.8) is 0 Å². The summed E-state index contributed by atoms with van der Waals surface area (Å²) in [4.78, 5) is 9.67. The molecule has 0 unspecified atom stereocenters. The lowest BCUT2D eigenvalue weighted by Crippen LogP contribution is -2.27. The van der Waals surface area contributed by atoms with Crippen molar-refractivity contribution < 1.29 is 13.2 Å². The molecule has 0 aromatic carbocycles. The van der Waals surface area contributed by atoms with Crippen molar-refractivity contribution in [2.75, 3.05) is 29.9 Å². The van der Waals surface area contributed by atoms with Crippen molar-refractivity contribution in [1.82, 2.24) is 9.97 Å². The molecular weight excluding hydrogens is 281 g/mol. The van der Waals surface area contributed by atoms with Gasteiger partial charge < -0.3 is 10.2 Å². The normalized spacial score (nSPS) is 11.5. The maximum absolute atomic E-state index is 13.0. The van der Waals surface area contributed by atoms with E-state index in [1.165, 1.54) is 0 Å². The first-order valence-electron chi connectivity index (χ1n) is 7.37. The van der Waals surface area contributed by atoms with E-state index in [1.807, 2.05) is 25.7 Å². The molecule has 120 valence electrons. The summed E-state index contributed by atoms with van der Waals surface area (Å²) in [6, 6.07) is 1.03. The van der Waals surface area contributed by atoms with Gasteiger partial charge in [0.15, 0.2) is 5.69 Å². The van der Waals surface area contributed by atoms with Crippen molar-refractivity contribution in [3.8, 4) is 0 Å². The molecule has 0 saturated heterocycles. The van der Waals surface area contributed by atoms with Crippen molar-refractivity contribution in [2.45, 2.75) is 46.2 Å². The van der Waals surface area contributed by atoms with E-state index in [4.69, 9.17) is 0 Å². The van der Waals surface area contributed by atoms with Gasteiger partial charge in [-0.25, -0.2) is 4.98 Å². The molecule has 1 N–H and O–H groups in total. The summed E-state index contributed by atoms with van der Waals surface area (Å²) < 4.78 is 38.9. The van der Waals surface area contributed by atoms with Crippen molar-refractivity contribution >= 4 is 11.8 Å². The lowest BCUT2D eigenvalue weighted by atomic mass is 10.3. The number of aromatic nitrogens is 2. The van der Waals surface area contributed by atoms with E-state index in [9.17, 15) is 13.2 Å². The molecular formula is C14H23F3N4. The lowest BCUT2D eigenvalue weighted by molar-refractivity contribution is -0.141. The van der Waals surface area contributed by atoms with Gasteiger partial charge in [-0.15, -0.1) is 0 Å². The predicted molar refractivity (Wildman–Crippen MR) is 78.6 cm³/mol. The first-order valence-corrected chi connectivity index (χ1v) is 7.37. The van der Waals surface area contributed by atoms with E-state index >= 15 is 0 Å². The van der Waals surface area contributed by atoms with Gasteiger partial charge in [0.1, 0.15) is 5.82 Å². The Morgan fingerprint density at radius 3 is 2.14 bits per heavy atom. The third kappa shape index (κ3) is 5.40. The van der Waals surface area contributed by atoms with E-state index in [0.717, 1.165) is 25.3 Å². The Kier molecular flexibility index (Phi) is 6.71. The predicted octanol–water partition coefficient (Wildman–Crippen LogP) is 3.94. The van der Waals surface area contributed by atoms with Crippen LogP contribution in [-0.2, 0) is 6.18 Å². The van der Waals surface area contributed by atoms with Gasteiger partial charge in [-0.1, -0.05) is 20.8 Å². The van der Waals surface area contributed by atoms with Gasteiger partial charge in [0.25, 0.3) is 0 Å². The van der Waals surface area contributed by atoms with Crippen LogP contribution in [0.2, 0.25) is 0 Å². The average molecular weight is 304 g/mol. The molecule has 4 nitrogen and oxygen atoms in total. The minimum absolute atomic E-state index is 0.0406. The second kappa shape index (κ2) is 8.05. The quantitative estimate of drug-likeness (QED) is 0.789. The highest BCUT2D eigenvalue weighted by molar-refractivity contribution is 5.45. The SMILES string of the molecule is CCCNc1nc(N(CCC)CCC)cc(C(F)(F)F)n1. The van der Waals surface area contributed by atoms with Crippen LogP contribution < -0.4 is 10.2 Å². The average Bonchev–Trinajstić information content (AvgIpc) is 2.43. The molecule has 1 rings (SSSR count). The Hall–Kier alpha value is -1.53. The topological polar surface area (TPSA) is 41.1 Å². The molecule has 0 aliphatic heterocycles. The fourth-order valence-corrected chi connectivity index (χ4v) is 1.94. The smallest absolute Gasteiger partial charge is 0.356 e. The molecule has 0 aliphatic rings. The van der Waals surface area contributed by atoms with E-state index in [1.54, 1.807) is 0 Å². The van der Waals surface area contributed by atoms with Crippen LogP contribution in [0, 0.1) is 0 Å². The number of nitrogens with one attached hydrogen (secondary N) is 1. The van der Waals surface area contributed by atoms with Crippen LogP contribution in [0.4, 0.5) is 24.9 Å². The summed E-state index contributed by atoms with van der Waals surface area (Å²) in [6.07, 6.45) is -1.97. The first kappa shape index (κ1) is 17.5. The molecule has 0 aliphatic carbocycles. The number of rotatable bonds is 8. The Balaban J connectivity index is 3.15. The van der Waals surface area contributed by atoms with Crippen molar-refractivity contribution in [2.24, 2.45) is 0 Å². The minimum Gasteiger partial charge on any atom is -0.356 e.